The van der Waals surface area contributed by atoms with E-state index in [1.165, 1.54) is 32.6 Å². The normalized spacial score (nSPS) is 20.7. The Labute approximate surface area is 92.1 Å². The van der Waals surface area contributed by atoms with Crippen LogP contribution < -0.4 is 4.72 Å². The lowest BCUT2D eigenvalue weighted by atomic mass is 10.1. The fourth-order valence-corrected chi connectivity index (χ4v) is 2.83. The molecule has 1 aliphatic carbocycles. The van der Waals surface area contributed by atoms with Gasteiger partial charge in [0.1, 0.15) is 0 Å². The van der Waals surface area contributed by atoms with Crippen LogP contribution in [0.1, 0.15) is 39.0 Å². The SMILES string of the molecule is CC(CO)S(=O)(=O)NCCC1CCCC1. The summed E-state index contributed by atoms with van der Waals surface area (Å²) in [6.45, 7) is 1.70. The van der Waals surface area contributed by atoms with E-state index >= 15 is 0 Å². The third-order valence-electron chi connectivity index (χ3n) is 3.12. The zero-order valence-corrected chi connectivity index (χ0v) is 10.1. The van der Waals surface area contributed by atoms with Crippen molar-refractivity contribution in [2.45, 2.75) is 44.3 Å². The quantitative estimate of drug-likeness (QED) is 0.718. The molecule has 4 nitrogen and oxygen atoms in total. The van der Waals surface area contributed by atoms with Gasteiger partial charge in [0.2, 0.25) is 10.0 Å². The van der Waals surface area contributed by atoms with E-state index in [-0.39, 0.29) is 6.61 Å². The van der Waals surface area contributed by atoms with E-state index in [1.807, 2.05) is 0 Å². The van der Waals surface area contributed by atoms with Crippen molar-refractivity contribution in [3.63, 3.8) is 0 Å². The highest BCUT2D eigenvalue weighted by atomic mass is 32.2. The van der Waals surface area contributed by atoms with Crippen LogP contribution in [-0.4, -0.2) is 31.9 Å². The molecule has 0 aliphatic heterocycles. The van der Waals surface area contributed by atoms with Crippen molar-refractivity contribution in [2.75, 3.05) is 13.2 Å². The molecule has 1 fully saturated rings. The number of rotatable bonds is 6. The second-order valence-corrected chi connectivity index (χ2v) is 6.56. The molecule has 0 amide bonds. The third-order valence-corrected chi connectivity index (χ3v) is 4.93. The molecule has 0 aromatic heterocycles. The summed E-state index contributed by atoms with van der Waals surface area (Å²) in [4.78, 5) is 0. The van der Waals surface area contributed by atoms with Gasteiger partial charge in [-0.2, -0.15) is 0 Å². The molecule has 5 heteroatoms. The van der Waals surface area contributed by atoms with Crippen molar-refractivity contribution in [1.29, 1.82) is 0 Å². The van der Waals surface area contributed by atoms with Gasteiger partial charge in [-0.25, -0.2) is 13.1 Å². The molecule has 1 aliphatic rings. The van der Waals surface area contributed by atoms with Gasteiger partial charge in [0.25, 0.3) is 0 Å². The van der Waals surface area contributed by atoms with Crippen LogP contribution in [-0.2, 0) is 10.0 Å². The number of hydrogen-bond donors (Lipinski definition) is 2. The molecule has 0 spiro atoms. The minimum absolute atomic E-state index is 0.321. The second kappa shape index (κ2) is 5.82. The van der Waals surface area contributed by atoms with Crippen molar-refractivity contribution in [3.05, 3.63) is 0 Å². The third kappa shape index (κ3) is 4.09. The summed E-state index contributed by atoms with van der Waals surface area (Å²) in [6, 6.07) is 0. The van der Waals surface area contributed by atoms with Gasteiger partial charge >= 0.3 is 0 Å². The average Bonchev–Trinajstić information content (AvgIpc) is 2.69. The zero-order chi connectivity index (χ0) is 11.3. The van der Waals surface area contributed by atoms with Gasteiger partial charge < -0.3 is 5.11 Å². The van der Waals surface area contributed by atoms with Crippen LogP contribution in [0.4, 0.5) is 0 Å². The van der Waals surface area contributed by atoms with Gasteiger partial charge in [-0.3, -0.25) is 0 Å². The maximum Gasteiger partial charge on any atom is 0.216 e. The summed E-state index contributed by atoms with van der Waals surface area (Å²) < 4.78 is 25.5. The molecule has 2 N–H and O–H groups in total. The molecule has 1 atom stereocenters. The highest BCUT2D eigenvalue weighted by Crippen LogP contribution is 2.26. The van der Waals surface area contributed by atoms with E-state index in [1.54, 1.807) is 0 Å². The first kappa shape index (κ1) is 12.9. The van der Waals surface area contributed by atoms with Crippen molar-refractivity contribution < 1.29 is 13.5 Å². The lowest BCUT2D eigenvalue weighted by Gasteiger charge is -2.13. The van der Waals surface area contributed by atoms with Crippen LogP contribution in [0, 0.1) is 5.92 Å². The van der Waals surface area contributed by atoms with Crippen molar-refractivity contribution in [1.82, 2.24) is 4.72 Å². The lowest BCUT2D eigenvalue weighted by molar-refractivity contribution is 0.294. The molecule has 15 heavy (non-hydrogen) atoms. The number of hydrogen-bond acceptors (Lipinski definition) is 3. The standard InChI is InChI=1S/C10H21NO3S/c1-9(8-12)15(13,14)11-7-6-10-4-2-3-5-10/h9-12H,2-8H2,1H3. The summed E-state index contributed by atoms with van der Waals surface area (Å²) in [5, 5.41) is 8.05. The highest BCUT2D eigenvalue weighted by molar-refractivity contribution is 7.90. The van der Waals surface area contributed by atoms with Gasteiger partial charge in [0.05, 0.1) is 11.9 Å². The van der Waals surface area contributed by atoms with Crippen LogP contribution in [0.5, 0.6) is 0 Å². The maximum atomic E-state index is 11.5. The molecule has 1 rings (SSSR count). The zero-order valence-electron chi connectivity index (χ0n) is 9.28. The van der Waals surface area contributed by atoms with E-state index in [4.69, 9.17) is 5.11 Å². The fourth-order valence-electron chi connectivity index (χ4n) is 1.94. The van der Waals surface area contributed by atoms with Crippen LogP contribution in [0.25, 0.3) is 0 Å². The molecule has 0 heterocycles. The number of aliphatic hydroxyl groups excluding tert-OH is 1. The second-order valence-electron chi connectivity index (χ2n) is 4.37. The Balaban J connectivity index is 2.23. The monoisotopic (exact) mass is 235 g/mol. The molecule has 0 aromatic rings. The maximum absolute atomic E-state index is 11.5. The Morgan fingerprint density at radius 2 is 2.00 bits per heavy atom. The van der Waals surface area contributed by atoms with E-state index in [9.17, 15) is 8.42 Å². The van der Waals surface area contributed by atoms with Crippen LogP contribution in [0.3, 0.4) is 0 Å². The van der Waals surface area contributed by atoms with E-state index in [0.717, 1.165) is 6.42 Å². The summed E-state index contributed by atoms with van der Waals surface area (Å²) in [5.74, 6) is 0.692. The van der Waals surface area contributed by atoms with Gasteiger partial charge in [0.15, 0.2) is 0 Å². The Morgan fingerprint density at radius 1 is 1.40 bits per heavy atom. The van der Waals surface area contributed by atoms with E-state index < -0.39 is 15.3 Å². The molecule has 1 unspecified atom stereocenters. The summed E-state index contributed by atoms with van der Waals surface area (Å²) >= 11 is 0. The summed E-state index contributed by atoms with van der Waals surface area (Å²) in [5.41, 5.74) is 0. The van der Waals surface area contributed by atoms with Crippen LogP contribution >= 0.6 is 0 Å². The van der Waals surface area contributed by atoms with Gasteiger partial charge in [-0.05, 0) is 19.3 Å². The smallest absolute Gasteiger partial charge is 0.216 e. The predicted octanol–water partition coefficient (Wildman–Crippen LogP) is 0.867. The minimum Gasteiger partial charge on any atom is -0.395 e. The van der Waals surface area contributed by atoms with Gasteiger partial charge in [0, 0.05) is 6.54 Å². The van der Waals surface area contributed by atoms with Crippen molar-refractivity contribution >= 4 is 10.0 Å². The predicted molar refractivity (Wildman–Crippen MR) is 60.0 cm³/mol. The molecule has 0 radical (unpaired) electrons. The number of sulfonamides is 1. The Kier molecular flexibility index (Phi) is 5.02. The van der Waals surface area contributed by atoms with Crippen LogP contribution in [0.15, 0.2) is 0 Å². The van der Waals surface area contributed by atoms with Crippen molar-refractivity contribution in [3.8, 4) is 0 Å². The first-order chi connectivity index (χ1) is 7.06. The molecule has 90 valence electrons. The fraction of sp³-hybridized carbons (Fsp3) is 1.00. The lowest BCUT2D eigenvalue weighted by Crippen LogP contribution is -2.35. The molecule has 1 saturated carbocycles. The summed E-state index contributed by atoms with van der Waals surface area (Å²) in [7, 11) is -3.30. The Morgan fingerprint density at radius 3 is 2.53 bits per heavy atom. The number of aliphatic hydroxyl groups is 1. The van der Waals surface area contributed by atoms with E-state index in [0.29, 0.717) is 12.5 Å². The van der Waals surface area contributed by atoms with E-state index in [2.05, 4.69) is 4.72 Å². The van der Waals surface area contributed by atoms with Gasteiger partial charge in [-0.1, -0.05) is 25.7 Å². The Bertz CT molecular complexity index is 270. The molecule has 0 bridgehead atoms. The Hall–Kier alpha value is -0.130. The van der Waals surface area contributed by atoms with Gasteiger partial charge in [-0.15, -0.1) is 0 Å². The first-order valence-electron chi connectivity index (χ1n) is 5.65. The summed E-state index contributed by atoms with van der Waals surface area (Å²) in [6.07, 6.45) is 5.96. The largest absolute Gasteiger partial charge is 0.395 e. The molecule has 0 aromatic carbocycles. The van der Waals surface area contributed by atoms with Crippen LogP contribution in [0.2, 0.25) is 0 Å². The first-order valence-corrected chi connectivity index (χ1v) is 7.20. The molecule has 0 saturated heterocycles. The molecular weight excluding hydrogens is 214 g/mol. The average molecular weight is 235 g/mol. The minimum atomic E-state index is -3.30. The van der Waals surface area contributed by atoms with Crippen molar-refractivity contribution in [2.24, 2.45) is 5.92 Å². The molecular formula is C10H21NO3S. The number of nitrogens with one attached hydrogen (secondary N) is 1. The topological polar surface area (TPSA) is 66.4 Å². The highest BCUT2D eigenvalue weighted by Gasteiger charge is 2.20.